The highest BCUT2D eigenvalue weighted by molar-refractivity contribution is 5.34. The van der Waals surface area contributed by atoms with E-state index in [1.807, 2.05) is 6.07 Å². The lowest BCUT2D eigenvalue weighted by Crippen LogP contribution is -2.37. The summed E-state index contributed by atoms with van der Waals surface area (Å²) in [7, 11) is 0. The van der Waals surface area contributed by atoms with Crippen molar-refractivity contribution < 1.29 is 23.0 Å². The van der Waals surface area contributed by atoms with Crippen LogP contribution in [0.5, 0.6) is 5.75 Å². The molecule has 1 rings (SSSR count). The molecule has 1 aromatic carbocycles. The molecule has 21 heavy (non-hydrogen) atoms. The SMILES string of the molecule is N#Cc1ccc(OCCCN(CCO)CC(F)(F)F)cc1. The van der Waals surface area contributed by atoms with Gasteiger partial charge in [0.05, 0.1) is 31.4 Å². The van der Waals surface area contributed by atoms with Crippen LogP contribution in [-0.4, -0.2) is 49.0 Å². The molecule has 0 saturated carbocycles. The second kappa shape index (κ2) is 8.49. The predicted molar refractivity (Wildman–Crippen MR) is 70.8 cm³/mol. The smallest absolute Gasteiger partial charge is 0.401 e. The van der Waals surface area contributed by atoms with Crippen molar-refractivity contribution in [1.29, 1.82) is 5.26 Å². The standard InChI is InChI=1S/C14H17F3N2O2/c15-14(16,17)11-19(7-8-20)6-1-9-21-13-4-2-12(10-18)3-5-13/h2-5,20H,1,6-9,11H2. The Labute approximate surface area is 121 Å². The third-order valence-corrected chi connectivity index (χ3v) is 2.69. The molecule has 0 radical (unpaired) electrons. The minimum Gasteiger partial charge on any atom is -0.494 e. The molecular formula is C14H17F3N2O2. The Hall–Kier alpha value is -1.78. The summed E-state index contributed by atoms with van der Waals surface area (Å²) in [5.41, 5.74) is 0.515. The summed E-state index contributed by atoms with van der Waals surface area (Å²) in [6.07, 6.45) is -3.86. The van der Waals surface area contributed by atoms with Crippen LogP contribution in [0.2, 0.25) is 0 Å². The highest BCUT2D eigenvalue weighted by Gasteiger charge is 2.30. The van der Waals surface area contributed by atoms with Crippen molar-refractivity contribution in [3.05, 3.63) is 29.8 Å². The fraction of sp³-hybridized carbons (Fsp3) is 0.500. The Balaban J connectivity index is 2.31. The fourth-order valence-electron chi connectivity index (χ4n) is 1.77. The largest absolute Gasteiger partial charge is 0.494 e. The number of nitrogens with zero attached hydrogens (tertiary/aromatic N) is 2. The highest BCUT2D eigenvalue weighted by Crippen LogP contribution is 2.16. The van der Waals surface area contributed by atoms with Crippen molar-refractivity contribution in [2.75, 3.05) is 32.8 Å². The van der Waals surface area contributed by atoms with E-state index in [1.165, 1.54) is 0 Å². The highest BCUT2D eigenvalue weighted by atomic mass is 19.4. The van der Waals surface area contributed by atoms with Crippen molar-refractivity contribution in [3.8, 4) is 11.8 Å². The van der Waals surface area contributed by atoms with Gasteiger partial charge in [-0.2, -0.15) is 18.4 Å². The van der Waals surface area contributed by atoms with Crippen LogP contribution < -0.4 is 4.74 Å². The molecule has 4 nitrogen and oxygen atoms in total. The number of halogens is 3. The fourth-order valence-corrected chi connectivity index (χ4v) is 1.77. The Morgan fingerprint density at radius 1 is 1.19 bits per heavy atom. The van der Waals surface area contributed by atoms with Crippen LogP contribution in [0.4, 0.5) is 13.2 Å². The first kappa shape index (κ1) is 17.3. The van der Waals surface area contributed by atoms with E-state index in [9.17, 15) is 13.2 Å². The van der Waals surface area contributed by atoms with E-state index in [0.717, 1.165) is 4.90 Å². The number of ether oxygens (including phenoxy) is 1. The molecular weight excluding hydrogens is 285 g/mol. The molecule has 0 aliphatic carbocycles. The van der Waals surface area contributed by atoms with E-state index in [1.54, 1.807) is 24.3 Å². The number of rotatable bonds is 8. The first-order valence-corrected chi connectivity index (χ1v) is 6.47. The average Bonchev–Trinajstić information content (AvgIpc) is 2.43. The zero-order valence-electron chi connectivity index (χ0n) is 11.4. The molecule has 0 heterocycles. The molecule has 0 fully saturated rings. The lowest BCUT2D eigenvalue weighted by molar-refractivity contribution is -0.147. The van der Waals surface area contributed by atoms with E-state index in [2.05, 4.69) is 0 Å². The van der Waals surface area contributed by atoms with E-state index < -0.39 is 12.7 Å². The van der Waals surface area contributed by atoms with Crippen molar-refractivity contribution >= 4 is 0 Å². The predicted octanol–water partition coefficient (Wildman–Crippen LogP) is 2.18. The van der Waals surface area contributed by atoms with Crippen molar-refractivity contribution in [3.63, 3.8) is 0 Å². The van der Waals surface area contributed by atoms with Gasteiger partial charge in [0.15, 0.2) is 0 Å². The van der Waals surface area contributed by atoms with Gasteiger partial charge in [-0.25, -0.2) is 0 Å². The summed E-state index contributed by atoms with van der Waals surface area (Å²) >= 11 is 0. The molecule has 0 atom stereocenters. The lowest BCUT2D eigenvalue weighted by Gasteiger charge is -2.22. The number of alkyl halides is 3. The molecule has 0 aliphatic rings. The lowest BCUT2D eigenvalue weighted by atomic mass is 10.2. The molecule has 1 N–H and O–H groups in total. The van der Waals surface area contributed by atoms with Gasteiger partial charge >= 0.3 is 6.18 Å². The van der Waals surface area contributed by atoms with Gasteiger partial charge in [-0.3, -0.25) is 4.90 Å². The summed E-state index contributed by atoms with van der Waals surface area (Å²) in [5.74, 6) is 0.568. The normalized spacial score (nSPS) is 11.4. The molecule has 116 valence electrons. The summed E-state index contributed by atoms with van der Waals surface area (Å²) in [6.45, 7) is -0.907. The molecule has 1 aromatic rings. The number of nitriles is 1. The minimum atomic E-state index is -4.27. The first-order chi connectivity index (χ1) is 9.94. The molecule has 0 unspecified atom stereocenters. The summed E-state index contributed by atoms with van der Waals surface area (Å²) in [5, 5.41) is 17.4. The summed E-state index contributed by atoms with van der Waals surface area (Å²) in [4.78, 5) is 1.14. The van der Waals surface area contributed by atoms with E-state index in [0.29, 0.717) is 17.7 Å². The van der Waals surface area contributed by atoms with Crippen LogP contribution in [0, 0.1) is 11.3 Å². The maximum absolute atomic E-state index is 12.3. The molecule has 0 amide bonds. The third-order valence-electron chi connectivity index (χ3n) is 2.69. The molecule has 7 heteroatoms. The number of aliphatic hydroxyl groups excluding tert-OH is 1. The van der Waals surface area contributed by atoms with E-state index >= 15 is 0 Å². The number of aliphatic hydroxyl groups is 1. The van der Waals surface area contributed by atoms with Gasteiger partial charge in [0.25, 0.3) is 0 Å². The maximum atomic E-state index is 12.3. The van der Waals surface area contributed by atoms with Crippen molar-refractivity contribution in [2.24, 2.45) is 0 Å². The first-order valence-electron chi connectivity index (χ1n) is 6.47. The Kier molecular flexibility index (Phi) is 6.99. The number of hydrogen-bond acceptors (Lipinski definition) is 4. The molecule has 0 aromatic heterocycles. The van der Waals surface area contributed by atoms with Crippen LogP contribution in [0.15, 0.2) is 24.3 Å². The zero-order valence-corrected chi connectivity index (χ0v) is 11.4. The average molecular weight is 302 g/mol. The molecule has 0 spiro atoms. The molecule has 0 bridgehead atoms. The quantitative estimate of drug-likeness (QED) is 0.748. The van der Waals surface area contributed by atoms with Crippen LogP contribution >= 0.6 is 0 Å². The van der Waals surface area contributed by atoms with Gasteiger partial charge in [0.2, 0.25) is 0 Å². The van der Waals surface area contributed by atoms with Crippen LogP contribution in [-0.2, 0) is 0 Å². The molecule has 0 aliphatic heterocycles. The monoisotopic (exact) mass is 302 g/mol. The van der Waals surface area contributed by atoms with E-state index in [4.69, 9.17) is 15.1 Å². The van der Waals surface area contributed by atoms with Gasteiger partial charge in [-0.15, -0.1) is 0 Å². The van der Waals surface area contributed by atoms with Crippen molar-refractivity contribution in [1.82, 2.24) is 4.90 Å². The maximum Gasteiger partial charge on any atom is 0.401 e. The number of hydrogen-bond donors (Lipinski definition) is 1. The van der Waals surface area contributed by atoms with Gasteiger partial charge in [0, 0.05) is 13.1 Å². The van der Waals surface area contributed by atoms with Crippen LogP contribution in [0.3, 0.4) is 0 Å². The Morgan fingerprint density at radius 3 is 2.38 bits per heavy atom. The topological polar surface area (TPSA) is 56.5 Å². The Bertz CT molecular complexity index is 455. The third kappa shape index (κ3) is 7.54. The second-order valence-electron chi connectivity index (χ2n) is 4.45. The second-order valence-corrected chi connectivity index (χ2v) is 4.45. The summed E-state index contributed by atoms with van der Waals surface area (Å²) in [6, 6.07) is 8.47. The number of benzene rings is 1. The van der Waals surface area contributed by atoms with Crippen LogP contribution in [0.1, 0.15) is 12.0 Å². The van der Waals surface area contributed by atoms with E-state index in [-0.39, 0.29) is 26.3 Å². The Morgan fingerprint density at radius 2 is 1.86 bits per heavy atom. The van der Waals surface area contributed by atoms with Crippen LogP contribution in [0.25, 0.3) is 0 Å². The minimum absolute atomic E-state index is 0.0175. The zero-order chi connectivity index (χ0) is 15.7. The molecule has 0 saturated heterocycles. The van der Waals surface area contributed by atoms with Gasteiger partial charge in [0.1, 0.15) is 5.75 Å². The van der Waals surface area contributed by atoms with Gasteiger partial charge in [-0.05, 0) is 30.7 Å². The summed E-state index contributed by atoms with van der Waals surface area (Å²) < 4.78 is 42.3. The van der Waals surface area contributed by atoms with Gasteiger partial charge < -0.3 is 9.84 Å². The van der Waals surface area contributed by atoms with Crippen molar-refractivity contribution in [2.45, 2.75) is 12.6 Å². The van der Waals surface area contributed by atoms with Gasteiger partial charge in [-0.1, -0.05) is 0 Å².